The van der Waals surface area contributed by atoms with Gasteiger partial charge in [0, 0.05) is 23.8 Å². The number of carbonyl (C=O) groups excluding carboxylic acids is 1. The molecular formula is C15H22N2O2. The molecule has 19 heavy (non-hydrogen) atoms. The number of esters is 1. The van der Waals surface area contributed by atoms with Gasteiger partial charge in [0.15, 0.2) is 0 Å². The molecule has 0 aliphatic carbocycles. The molecule has 1 aliphatic rings. The lowest BCUT2D eigenvalue weighted by atomic mass is 9.87. The van der Waals surface area contributed by atoms with Gasteiger partial charge in [0.05, 0.1) is 12.7 Å². The topological polar surface area (TPSA) is 55.6 Å². The highest BCUT2D eigenvalue weighted by Gasteiger charge is 2.33. The molecule has 0 spiro atoms. The molecule has 0 radical (unpaired) electrons. The minimum atomic E-state index is -0.298. The molecule has 1 aromatic carbocycles. The summed E-state index contributed by atoms with van der Waals surface area (Å²) in [6, 6.07) is 7.86. The van der Waals surface area contributed by atoms with E-state index in [1.807, 2.05) is 18.2 Å². The highest BCUT2D eigenvalue weighted by Crippen LogP contribution is 2.32. The van der Waals surface area contributed by atoms with Crippen LogP contribution in [0.15, 0.2) is 24.3 Å². The maximum absolute atomic E-state index is 11.6. The smallest absolute Gasteiger partial charge is 0.337 e. The lowest BCUT2D eigenvalue weighted by Gasteiger charge is -2.46. The molecule has 1 saturated heterocycles. The lowest BCUT2D eigenvalue weighted by molar-refractivity contribution is 0.0600. The van der Waals surface area contributed by atoms with Gasteiger partial charge >= 0.3 is 5.97 Å². The van der Waals surface area contributed by atoms with Crippen molar-refractivity contribution < 1.29 is 9.53 Å². The van der Waals surface area contributed by atoms with Crippen LogP contribution in [0.5, 0.6) is 0 Å². The molecule has 0 bridgehead atoms. The average Bonchev–Trinajstić information content (AvgIpc) is 2.36. The Morgan fingerprint density at radius 2 is 2.21 bits per heavy atom. The zero-order chi connectivity index (χ0) is 14.0. The SMILES string of the molecule is COC(=O)c1cccc(N2CCC(N)CC2(C)C)c1. The van der Waals surface area contributed by atoms with Gasteiger partial charge in [-0.15, -0.1) is 0 Å². The van der Waals surface area contributed by atoms with Gasteiger partial charge in [-0.1, -0.05) is 6.07 Å². The Hall–Kier alpha value is -1.55. The summed E-state index contributed by atoms with van der Waals surface area (Å²) in [4.78, 5) is 13.9. The second-order valence-corrected chi connectivity index (χ2v) is 5.76. The molecule has 0 amide bonds. The number of piperidine rings is 1. The van der Waals surface area contributed by atoms with E-state index in [2.05, 4.69) is 18.7 Å². The van der Waals surface area contributed by atoms with Crippen molar-refractivity contribution in [2.45, 2.75) is 38.3 Å². The van der Waals surface area contributed by atoms with Crippen LogP contribution in [-0.2, 0) is 4.74 Å². The molecule has 1 unspecified atom stereocenters. The van der Waals surface area contributed by atoms with Crippen LogP contribution in [0.3, 0.4) is 0 Å². The number of nitrogens with zero attached hydrogens (tertiary/aromatic N) is 1. The van der Waals surface area contributed by atoms with E-state index >= 15 is 0 Å². The highest BCUT2D eigenvalue weighted by molar-refractivity contribution is 5.90. The lowest BCUT2D eigenvalue weighted by Crippen LogP contribution is -2.53. The Kier molecular flexibility index (Phi) is 3.80. The van der Waals surface area contributed by atoms with E-state index in [9.17, 15) is 4.79 Å². The van der Waals surface area contributed by atoms with Gasteiger partial charge in [0.1, 0.15) is 0 Å². The molecule has 1 heterocycles. The first-order valence-corrected chi connectivity index (χ1v) is 6.65. The van der Waals surface area contributed by atoms with E-state index in [0.29, 0.717) is 5.56 Å². The molecule has 1 atom stereocenters. The zero-order valence-electron chi connectivity index (χ0n) is 11.8. The summed E-state index contributed by atoms with van der Waals surface area (Å²) in [7, 11) is 1.40. The third-order valence-electron chi connectivity index (χ3n) is 3.79. The summed E-state index contributed by atoms with van der Waals surface area (Å²) in [6.45, 7) is 5.30. The Labute approximate surface area is 114 Å². The number of carbonyl (C=O) groups is 1. The molecule has 4 nitrogen and oxygen atoms in total. The molecule has 2 N–H and O–H groups in total. The normalized spacial score (nSPS) is 22.1. The van der Waals surface area contributed by atoms with E-state index < -0.39 is 0 Å². The van der Waals surface area contributed by atoms with Crippen LogP contribution in [0.2, 0.25) is 0 Å². The molecule has 1 aliphatic heterocycles. The first-order chi connectivity index (χ1) is 8.94. The number of rotatable bonds is 2. The van der Waals surface area contributed by atoms with Crippen molar-refractivity contribution in [1.82, 2.24) is 0 Å². The molecule has 4 heteroatoms. The average molecular weight is 262 g/mol. The Bertz CT molecular complexity index is 471. The second kappa shape index (κ2) is 5.21. The summed E-state index contributed by atoms with van der Waals surface area (Å²) < 4.78 is 4.77. The largest absolute Gasteiger partial charge is 0.465 e. The standard InChI is InChI=1S/C15H22N2O2/c1-15(2)10-12(16)7-8-17(15)13-6-4-5-11(9-13)14(18)19-3/h4-6,9,12H,7-8,10,16H2,1-3H3. The van der Waals surface area contributed by atoms with Gasteiger partial charge in [-0.05, 0) is 44.9 Å². The Balaban J connectivity index is 2.28. The number of methoxy groups -OCH3 is 1. The highest BCUT2D eigenvalue weighted by atomic mass is 16.5. The fourth-order valence-corrected chi connectivity index (χ4v) is 2.85. The van der Waals surface area contributed by atoms with E-state index in [4.69, 9.17) is 10.5 Å². The maximum atomic E-state index is 11.6. The number of nitrogens with two attached hydrogens (primary N) is 1. The summed E-state index contributed by atoms with van der Waals surface area (Å²) >= 11 is 0. The maximum Gasteiger partial charge on any atom is 0.337 e. The summed E-state index contributed by atoms with van der Waals surface area (Å²) in [6.07, 6.45) is 1.93. The van der Waals surface area contributed by atoms with Crippen molar-refractivity contribution in [3.8, 4) is 0 Å². The summed E-state index contributed by atoms with van der Waals surface area (Å²) in [5.41, 5.74) is 7.70. The number of hydrogen-bond acceptors (Lipinski definition) is 4. The van der Waals surface area contributed by atoms with Gasteiger partial charge < -0.3 is 15.4 Å². The van der Waals surface area contributed by atoms with Gasteiger partial charge in [-0.25, -0.2) is 4.79 Å². The van der Waals surface area contributed by atoms with Crippen LogP contribution in [0, 0.1) is 0 Å². The van der Waals surface area contributed by atoms with Crippen molar-refractivity contribution >= 4 is 11.7 Å². The van der Waals surface area contributed by atoms with Crippen molar-refractivity contribution in [2.75, 3.05) is 18.6 Å². The van der Waals surface area contributed by atoms with Gasteiger partial charge in [-0.3, -0.25) is 0 Å². The zero-order valence-corrected chi connectivity index (χ0v) is 11.8. The van der Waals surface area contributed by atoms with Gasteiger partial charge in [0.25, 0.3) is 0 Å². The third-order valence-corrected chi connectivity index (χ3v) is 3.79. The van der Waals surface area contributed by atoms with E-state index in [1.54, 1.807) is 6.07 Å². The molecular weight excluding hydrogens is 240 g/mol. The number of benzene rings is 1. The van der Waals surface area contributed by atoms with Crippen LogP contribution in [0.25, 0.3) is 0 Å². The van der Waals surface area contributed by atoms with Crippen LogP contribution in [0.4, 0.5) is 5.69 Å². The minimum Gasteiger partial charge on any atom is -0.465 e. The van der Waals surface area contributed by atoms with Crippen LogP contribution in [0.1, 0.15) is 37.0 Å². The Morgan fingerprint density at radius 1 is 1.47 bits per heavy atom. The summed E-state index contributed by atoms with van der Waals surface area (Å²) in [5, 5.41) is 0. The Morgan fingerprint density at radius 3 is 2.84 bits per heavy atom. The molecule has 2 rings (SSSR count). The first-order valence-electron chi connectivity index (χ1n) is 6.65. The minimum absolute atomic E-state index is 0.00636. The number of hydrogen-bond donors (Lipinski definition) is 1. The van der Waals surface area contributed by atoms with E-state index in [-0.39, 0.29) is 17.6 Å². The van der Waals surface area contributed by atoms with Gasteiger partial charge in [-0.2, -0.15) is 0 Å². The first kappa shape index (κ1) is 13.9. The quantitative estimate of drug-likeness (QED) is 0.830. The van der Waals surface area contributed by atoms with Crippen LogP contribution < -0.4 is 10.6 Å². The van der Waals surface area contributed by atoms with Crippen LogP contribution in [-0.4, -0.2) is 31.2 Å². The third kappa shape index (κ3) is 2.89. The number of ether oxygens (including phenoxy) is 1. The van der Waals surface area contributed by atoms with Gasteiger partial charge in [0.2, 0.25) is 0 Å². The molecule has 0 saturated carbocycles. The van der Waals surface area contributed by atoms with Crippen molar-refractivity contribution in [2.24, 2.45) is 5.73 Å². The summed E-state index contributed by atoms with van der Waals surface area (Å²) in [5.74, 6) is -0.298. The fraction of sp³-hybridized carbons (Fsp3) is 0.533. The fourth-order valence-electron chi connectivity index (χ4n) is 2.85. The van der Waals surface area contributed by atoms with E-state index in [0.717, 1.165) is 25.1 Å². The molecule has 1 aromatic rings. The van der Waals surface area contributed by atoms with Crippen LogP contribution >= 0.6 is 0 Å². The van der Waals surface area contributed by atoms with E-state index in [1.165, 1.54) is 7.11 Å². The van der Waals surface area contributed by atoms with Crippen molar-refractivity contribution in [3.05, 3.63) is 29.8 Å². The molecule has 104 valence electrons. The molecule has 1 fully saturated rings. The van der Waals surface area contributed by atoms with Crippen molar-refractivity contribution in [3.63, 3.8) is 0 Å². The van der Waals surface area contributed by atoms with Crippen molar-refractivity contribution in [1.29, 1.82) is 0 Å². The number of anilines is 1. The monoisotopic (exact) mass is 262 g/mol. The molecule has 0 aromatic heterocycles. The predicted molar refractivity (Wildman–Crippen MR) is 76.4 cm³/mol. The predicted octanol–water partition coefficient (Wildman–Crippen LogP) is 2.18. The second-order valence-electron chi connectivity index (χ2n) is 5.76.